The van der Waals surface area contributed by atoms with Gasteiger partial charge in [0.1, 0.15) is 6.29 Å². The van der Waals surface area contributed by atoms with Gasteiger partial charge >= 0.3 is 0 Å². The van der Waals surface area contributed by atoms with Gasteiger partial charge in [-0.05, 0) is 68.2 Å². The quantitative estimate of drug-likeness (QED) is 0.454. The predicted octanol–water partition coefficient (Wildman–Crippen LogP) is 5.01. The van der Waals surface area contributed by atoms with Gasteiger partial charge in [0.25, 0.3) is 0 Å². The molecule has 116 valence electrons. The van der Waals surface area contributed by atoms with Crippen molar-refractivity contribution in [3.63, 3.8) is 0 Å². The number of rotatable bonds is 6. The van der Waals surface area contributed by atoms with Crippen LogP contribution in [0.25, 0.3) is 6.08 Å². The van der Waals surface area contributed by atoms with Crippen LogP contribution in [0.1, 0.15) is 30.5 Å². The number of carbonyl (C=O) groups is 1. The van der Waals surface area contributed by atoms with Crippen LogP contribution >= 0.6 is 0 Å². The van der Waals surface area contributed by atoms with Crippen molar-refractivity contribution in [2.24, 2.45) is 0 Å². The van der Waals surface area contributed by atoms with E-state index in [9.17, 15) is 4.79 Å². The maximum Gasteiger partial charge on any atom is 0.143 e. The second-order valence-electron chi connectivity index (χ2n) is 5.42. The summed E-state index contributed by atoms with van der Waals surface area (Å²) in [5, 5.41) is 3.17. The van der Waals surface area contributed by atoms with Crippen LogP contribution in [-0.2, 0) is 4.79 Å². The molecule has 0 aliphatic carbocycles. The third-order valence-corrected chi connectivity index (χ3v) is 3.44. The molecule has 1 aromatic rings. The normalized spacial score (nSPS) is 13.1. The SMILES string of the molecule is CNc1cc(C)c(/C=C/C(C)=C/C=C/C(C)=C/C=O)c(C)c1. The van der Waals surface area contributed by atoms with Crippen molar-refractivity contribution in [1.82, 2.24) is 0 Å². The molecule has 0 aliphatic rings. The van der Waals surface area contributed by atoms with E-state index in [2.05, 4.69) is 50.4 Å². The second-order valence-corrected chi connectivity index (χ2v) is 5.42. The first-order valence-electron chi connectivity index (χ1n) is 7.42. The third-order valence-electron chi connectivity index (χ3n) is 3.44. The van der Waals surface area contributed by atoms with E-state index in [0.717, 1.165) is 23.1 Å². The number of hydrogen-bond donors (Lipinski definition) is 1. The summed E-state index contributed by atoms with van der Waals surface area (Å²) in [6.45, 7) is 8.21. The fourth-order valence-electron chi connectivity index (χ4n) is 2.17. The highest BCUT2D eigenvalue weighted by Crippen LogP contribution is 2.21. The van der Waals surface area contributed by atoms with Gasteiger partial charge in [-0.3, -0.25) is 4.79 Å². The van der Waals surface area contributed by atoms with Crippen molar-refractivity contribution < 1.29 is 4.79 Å². The van der Waals surface area contributed by atoms with Gasteiger partial charge in [-0.1, -0.05) is 36.0 Å². The maximum atomic E-state index is 10.3. The highest BCUT2D eigenvalue weighted by molar-refractivity contribution is 5.67. The van der Waals surface area contributed by atoms with E-state index in [4.69, 9.17) is 0 Å². The molecule has 0 aromatic heterocycles. The number of aryl methyl sites for hydroxylation is 2. The number of allylic oxidation sites excluding steroid dienone is 7. The maximum absolute atomic E-state index is 10.3. The van der Waals surface area contributed by atoms with Crippen LogP contribution in [-0.4, -0.2) is 13.3 Å². The largest absolute Gasteiger partial charge is 0.388 e. The molecule has 0 bridgehead atoms. The summed E-state index contributed by atoms with van der Waals surface area (Å²) in [5.41, 5.74) is 7.01. The zero-order chi connectivity index (χ0) is 16.5. The number of hydrogen-bond acceptors (Lipinski definition) is 2. The molecule has 0 aliphatic heterocycles. The Hall–Kier alpha value is -2.35. The smallest absolute Gasteiger partial charge is 0.143 e. The first kappa shape index (κ1) is 17.7. The van der Waals surface area contributed by atoms with Crippen molar-refractivity contribution in [2.75, 3.05) is 12.4 Å². The molecule has 1 aromatic carbocycles. The van der Waals surface area contributed by atoms with Gasteiger partial charge in [0.05, 0.1) is 0 Å². The van der Waals surface area contributed by atoms with E-state index in [-0.39, 0.29) is 0 Å². The minimum absolute atomic E-state index is 0.802. The second kappa shape index (κ2) is 8.83. The van der Waals surface area contributed by atoms with E-state index in [1.54, 1.807) is 6.08 Å². The lowest BCUT2D eigenvalue weighted by atomic mass is 10.0. The first-order chi connectivity index (χ1) is 10.5. The number of aldehydes is 1. The average Bonchev–Trinajstić information content (AvgIpc) is 2.46. The summed E-state index contributed by atoms with van der Waals surface area (Å²) >= 11 is 0. The Bertz CT molecular complexity index is 623. The van der Waals surface area contributed by atoms with Crippen LogP contribution in [0.4, 0.5) is 5.69 Å². The zero-order valence-electron chi connectivity index (χ0n) is 14.1. The number of anilines is 1. The van der Waals surface area contributed by atoms with Crippen LogP contribution in [0.15, 0.2) is 53.7 Å². The molecule has 0 saturated carbocycles. The molecule has 0 fully saturated rings. The van der Waals surface area contributed by atoms with Crippen LogP contribution in [0.2, 0.25) is 0 Å². The van der Waals surface area contributed by atoms with Gasteiger partial charge in [0.2, 0.25) is 0 Å². The molecular formula is C20H25NO. The molecule has 0 spiro atoms. The lowest BCUT2D eigenvalue weighted by Crippen LogP contribution is -1.93. The highest BCUT2D eigenvalue weighted by atomic mass is 16.1. The molecule has 1 rings (SSSR count). The van der Waals surface area contributed by atoms with E-state index < -0.39 is 0 Å². The van der Waals surface area contributed by atoms with E-state index in [0.29, 0.717) is 0 Å². The Morgan fingerprint density at radius 1 is 1.00 bits per heavy atom. The van der Waals surface area contributed by atoms with Crippen molar-refractivity contribution in [1.29, 1.82) is 0 Å². The zero-order valence-corrected chi connectivity index (χ0v) is 14.1. The van der Waals surface area contributed by atoms with Crippen LogP contribution in [0.3, 0.4) is 0 Å². The van der Waals surface area contributed by atoms with E-state index in [1.165, 1.54) is 16.7 Å². The van der Waals surface area contributed by atoms with Gasteiger partial charge in [0, 0.05) is 12.7 Å². The minimum Gasteiger partial charge on any atom is -0.388 e. The van der Waals surface area contributed by atoms with Crippen LogP contribution < -0.4 is 5.32 Å². The topological polar surface area (TPSA) is 29.1 Å². The third kappa shape index (κ3) is 5.57. The first-order valence-corrected chi connectivity index (χ1v) is 7.42. The summed E-state index contributed by atoms with van der Waals surface area (Å²) in [6, 6.07) is 4.30. The Kier molecular flexibility index (Phi) is 7.11. The van der Waals surface area contributed by atoms with Gasteiger partial charge < -0.3 is 5.32 Å². The fourth-order valence-corrected chi connectivity index (χ4v) is 2.17. The van der Waals surface area contributed by atoms with Crippen molar-refractivity contribution in [3.05, 3.63) is 70.3 Å². The summed E-state index contributed by atoms with van der Waals surface area (Å²) in [5.74, 6) is 0. The lowest BCUT2D eigenvalue weighted by Gasteiger charge is -2.09. The Morgan fingerprint density at radius 3 is 2.14 bits per heavy atom. The van der Waals surface area contributed by atoms with Gasteiger partial charge in [-0.2, -0.15) is 0 Å². The Balaban J connectivity index is 2.88. The van der Waals surface area contributed by atoms with Gasteiger partial charge in [-0.25, -0.2) is 0 Å². The summed E-state index contributed by atoms with van der Waals surface area (Å²) in [7, 11) is 1.93. The number of benzene rings is 1. The van der Waals surface area contributed by atoms with Gasteiger partial charge in [-0.15, -0.1) is 0 Å². The average molecular weight is 295 g/mol. The van der Waals surface area contributed by atoms with Crippen LogP contribution in [0.5, 0.6) is 0 Å². The number of nitrogens with one attached hydrogen (secondary N) is 1. The molecule has 1 N–H and O–H groups in total. The molecule has 0 amide bonds. The van der Waals surface area contributed by atoms with Crippen molar-refractivity contribution in [2.45, 2.75) is 27.7 Å². The molecule has 0 radical (unpaired) electrons. The molecular weight excluding hydrogens is 270 g/mol. The molecule has 0 heterocycles. The molecule has 0 saturated heterocycles. The Labute approximate surface area is 133 Å². The standard InChI is InChI=1S/C20H25NO/c1-15(7-6-8-16(2)11-12-22)9-10-20-17(3)13-19(21-5)14-18(20)4/h6-14,21H,1-5H3/b8-6+,10-9+,15-7+,16-11+. The summed E-state index contributed by atoms with van der Waals surface area (Å²) in [4.78, 5) is 10.3. The van der Waals surface area contributed by atoms with Gasteiger partial charge in [0.15, 0.2) is 0 Å². The van der Waals surface area contributed by atoms with E-state index in [1.807, 2.05) is 32.2 Å². The number of carbonyl (C=O) groups excluding carboxylic acids is 1. The molecule has 2 heteroatoms. The summed E-state index contributed by atoms with van der Waals surface area (Å²) < 4.78 is 0. The highest BCUT2D eigenvalue weighted by Gasteiger charge is 2.01. The lowest BCUT2D eigenvalue weighted by molar-refractivity contribution is -0.104. The van der Waals surface area contributed by atoms with E-state index >= 15 is 0 Å². The summed E-state index contributed by atoms with van der Waals surface area (Å²) in [6.07, 6.45) is 12.5. The molecule has 2 nitrogen and oxygen atoms in total. The minimum atomic E-state index is 0.802. The predicted molar refractivity (Wildman–Crippen MR) is 97.2 cm³/mol. The Morgan fingerprint density at radius 2 is 1.59 bits per heavy atom. The monoisotopic (exact) mass is 295 g/mol. The molecule has 0 atom stereocenters. The fraction of sp³-hybridized carbons (Fsp3) is 0.250. The molecule has 22 heavy (non-hydrogen) atoms. The van der Waals surface area contributed by atoms with Crippen molar-refractivity contribution in [3.8, 4) is 0 Å². The van der Waals surface area contributed by atoms with Crippen molar-refractivity contribution >= 4 is 18.0 Å². The van der Waals surface area contributed by atoms with Crippen LogP contribution in [0, 0.1) is 13.8 Å². The molecule has 0 unspecified atom stereocenters.